The van der Waals surface area contributed by atoms with Gasteiger partial charge in [-0.1, -0.05) is 34.1 Å². The van der Waals surface area contributed by atoms with E-state index in [0.717, 1.165) is 0 Å². The largest absolute Gasteiger partial charge is 0.299 e. The number of halogens is 2. The van der Waals surface area contributed by atoms with Gasteiger partial charge in [-0.3, -0.25) is 4.79 Å². The molecule has 0 fully saturated rings. The van der Waals surface area contributed by atoms with Gasteiger partial charge in [0.25, 0.3) is 0 Å². The molecule has 70 valence electrons. The molecule has 0 aliphatic heterocycles. The first-order valence-corrected chi connectivity index (χ1v) is 4.90. The Bertz CT molecular complexity index is 312. The van der Waals surface area contributed by atoms with Crippen molar-refractivity contribution < 1.29 is 9.18 Å². The maximum atomic E-state index is 13.1. The summed E-state index contributed by atoms with van der Waals surface area (Å²) in [6.45, 7) is 1.49. The van der Waals surface area contributed by atoms with Crippen LogP contribution in [-0.4, -0.2) is 10.6 Å². The summed E-state index contributed by atoms with van der Waals surface area (Å²) in [5.41, 5.74) is 0.569. The Morgan fingerprint density at radius 1 is 1.54 bits per heavy atom. The quantitative estimate of drug-likeness (QED) is 0.748. The van der Waals surface area contributed by atoms with Gasteiger partial charge in [0.15, 0.2) is 0 Å². The van der Waals surface area contributed by atoms with Crippen molar-refractivity contribution in [3.63, 3.8) is 0 Å². The Labute approximate surface area is 85.1 Å². The summed E-state index contributed by atoms with van der Waals surface area (Å²) in [7, 11) is 0. The van der Waals surface area contributed by atoms with E-state index in [-0.39, 0.29) is 16.4 Å². The summed E-state index contributed by atoms with van der Waals surface area (Å²) in [6.07, 6.45) is 0.405. The van der Waals surface area contributed by atoms with Gasteiger partial charge in [-0.05, 0) is 25.0 Å². The molecular weight excluding hydrogens is 235 g/mol. The minimum atomic E-state index is -0.288. The smallest absolute Gasteiger partial charge is 0.143 e. The van der Waals surface area contributed by atoms with Crippen molar-refractivity contribution in [3.05, 3.63) is 35.6 Å². The average molecular weight is 245 g/mol. The fraction of sp³-hybridized carbons (Fsp3) is 0.300. The number of carbonyl (C=O) groups is 1. The molecule has 0 radical (unpaired) electrons. The van der Waals surface area contributed by atoms with Crippen molar-refractivity contribution in [3.8, 4) is 0 Å². The number of benzene rings is 1. The van der Waals surface area contributed by atoms with Gasteiger partial charge in [-0.2, -0.15) is 0 Å². The lowest BCUT2D eigenvalue weighted by atomic mass is 10.1. The van der Waals surface area contributed by atoms with Crippen molar-refractivity contribution in [2.24, 2.45) is 0 Å². The third-order valence-electron chi connectivity index (χ3n) is 1.80. The number of hydrogen-bond acceptors (Lipinski definition) is 1. The molecule has 3 heteroatoms. The molecule has 0 bridgehead atoms. The lowest BCUT2D eigenvalue weighted by Gasteiger charge is -2.06. The van der Waals surface area contributed by atoms with Crippen molar-refractivity contribution in [2.45, 2.75) is 18.2 Å². The van der Waals surface area contributed by atoms with Gasteiger partial charge in [0.05, 0.1) is 4.83 Å². The molecule has 1 nitrogen and oxygen atoms in total. The van der Waals surface area contributed by atoms with E-state index in [4.69, 9.17) is 0 Å². The standard InChI is InChI=1S/C10H10BrFO/c1-7(13)9(11)6-8-4-2-3-5-10(8)12/h2-5,9H,6H2,1H3. The first-order chi connectivity index (χ1) is 6.11. The number of ketones is 1. The number of Topliss-reactive ketones (excluding diaryl/α,β-unsaturated/α-hetero) is 1. The first kappa shape index (κ1) is 10.4. The molecule has 0 aliphatic rings. The topological polar surface area (TPSA) is 17.1 Å². The van der Waals surface area contributed by atoms with Crippen LogP contribution in [0.15, 0.2) is 24.3 Å². The van der Waals surface area contributed by atoms with Crippen LogP contribution < -0.4 is 0 Å². The molecule has 0 N–H and O–H groups in total. The van der Waals surface area contributed by atoms with Crippen LogP contribution in [0.5, 0.6) is 0 Å². The minimum absolute atomic E-state index is 0.0169. The molecule has 1 unspecified atom stereocenters. The number of carbonyl (C=O) groups excluding carboxylic acids is 1. The van der Waals surface area contributed by atoms with Crippen LogP contribution >= 0.6 is 15.9 Å². The molecule has 0 aliphatic carbocycles. The molecule has 0 heterocycles. The maximum Gasteiger partial charge on any atom is 0.143 e. The highest BCUT2D eigenvalue weighted by molar-refractivity contribution is 9.10. The lowest BCUT2D eigenvalue weighted by molar-refractivity contribution is -0.116. The van der Waals surface area contributed by atoms with Crippen LogP contribution in [0, 0.1) is 5.82 Å². The van der Waals surface area contributed by atoms with Crippen molar-refractivity contribution in [2.75, 3.05) is 0 Å². The van der Waals surface area contributed by atoms with Crippen LogP contribution in [0.2, 0.25) is 0 Å². The normalized spacial score (nSPS) is 12.5. The summed E-state index contributed by atoms with van der Waals surface area (Å²) < 4.78 is 13.1. The van der Waals surface area contributed by atoms with E-state index in [1.54, 1.807) is 18.2 Å². The van der Waals surface area contributed by atoms with Crippen LogP contribution in [0.4, 0.5) is 4.39 Å². The van der Waals surface area contributed by atoms with Crippen molar-refractivity contribution >= 4 is 21.7 Å². The van der Waals surface area contributed by atoms with E-state index in [1.165, 1.54) is 13.0 Å². The van der Waals surface area contributed by atoms with Gasteiger partial charge in [0.1, 0.15) is 11.6 Å². The fourth-order valence-corrected chi connectivity index (χ4v) is 1.35. The number of rotatable bonds is 3. The van der Waals surface area contributed by atoms with Gasteiger partial charge in [-0.15, -0.1) is 0 Å². The average Bonchev–Trinajstić information content (AvgIpc) is 2.08. The van der Waals surface area contributed by atoms with E-state index in [9.17, 15) is 9.18 Å². The Kier molecular flexibility index (Phi) is 3.60. The molecule has 1 aromatic carbocycles. The molecule has 1 atom stereocenters. The van der Waals surface area contributed by atoms with Crippen LogP contribution in [0.1, 0.15) is 12.5 Å². The SMILES string of the molecule is CC(=O)C(Br)Cc1ccccc1F. The van der Waals surface area contributed by atoms with Crippen molar-refractivity contribution in [1.82, 2.24) is 0 Å². The van der Waals surface area contributed by atoms with Crippen LogP contribution in [-0.2, 0) is 11.2 Å². The molecule has 0 saturated heterocycles. The zero-order valence-electron chi connectivity index (χ0n) is 7.26. The summed E-state index contributed by atoms with van der Waals surface area (Å²) in [5.74, 6) is -0.239. The number of hydrogen-bond donors (Lipinski definition) is 0. The first-order valence-electron chi connectivity index (χ1n) is 3.99. The molecule has 13 heavy (non-hydrogen) atoms. The molecule has 0 saturated carbocycles. The second kappa shape index (κ2) is 4.51. The third kappa shape index (κ3) is 2.92. The molecule has 0 spiro atoms. The lowest BCUT2D eigenvalue weighted by Crippen LogP contribution is -2.13. The van der Waals surface area contributed by atoms with Gasteiger partial charge in [0, 0.05) is 0 Å². The second-order valence-electron chi connectivity index (χ2n) is 2.87. The summed E-state index contributed by atoms with van der Waals surface area (Å²) >= 11 is 3.20. The van der Waals surface area contributed by atoms with E-state index in [0.29, 0.717) is 12.0 Å². The fourth-order valence-electron chi connectivity index (χ4n) is 1.00. The van der Waals surface area contributed by atoms with Gasteiger partial charge in [-0.25, -0.2) is 4.39 Å². The summed E-state index contributed by atoms with van der Waals surface area (Å²) in [5, 5.41) is 0. The van der Waals surface area contributed by atoms with E-state index < -0.39 is 0 Å². The Hall–Kier alpha value is -0.700. The van der Waals surface area contributed by atoms with Gasteiger partial charge >= 0.3 is 0 Å². The summed E-state index contributed by atoms with van der Waals surface area (Å²) in [6, 6.07) is 6.48. The van der Waals surface area contributed by atoms with E-state index >= 15 is 0 Å². The predicted molar refractivity (Wildman–Crippen MR) is 53.5 cm³/mol. The zero-order valence-corrected chi connectivity index (χ0v) is 8.84. The zero-order chi connectivity index (χ0) is 9.84. The molecule has 1 aromatic rings. The minimum Gasteiger partial charge on any atom is -0.299 e. The third-order valence-corrected chi connectivity index (χ3v) is 2.77. The monoisotopic (exact) mass is 244 g/mol. The van der Waals surface area contributed by atoms with Crippen molar-refractivity contribution in [1.29, 1.82) is 0 Å². The second-order valence-corrected chi connectivity index (χ2v) is 3.98. The van der Waals surface area contributed by atoms with Crippen LogP contribution in [0.25, 0.3) is 0 Å². The van der Waals surface area contributed by atoms with Gasteiger partial charge < -0.3 is 0 Å². The maximum absolute atomic E-state index is 13.1. The molecule has 1 rings (SSSR count). The highest BCUT2D eigenvalue weighted by Crippen LogP contribution is 2.13. The van der Waals surface area contributed by atoms with E-state index in [2.05, 4.69) is 15.9 Å². The number of alkyl halides is 1. The predicted octanol–water partition coefficient (Wildman–Crippen LogP) is 2.72. The van der Waals surface area contributed by atoms with Crippen LogP contribution in [0.3, 0.4) is 0 Å². The highest BCUT2D eigenvalue weighted by Gasteiger charge is 2.12. The van der Waals surface area contributed by atoms with Gasteiger partial charge in [0.2, 0.25) is 0 Å². The molecule has 0 amide bonds. The Morgan fingerprint density at radius 2 is 2.15 bits per heavy atom. The van der Waals surface area contributed by atoms with E-state index in [1.807, 2.05) is 0 Å². The molecular formula is C10H10BrFO. The Morgan fingerprint density at radius 3 is 2.69 bits per heavy atom. The highest BCUT2D eigenvalue weighted by atomic mass is 79.9. The molecule has 0 aromatic heterocycles. The summed E-state index contributed by atoms with van der Waals surface area (Å²) in [4.78, 5) is 10.6. The Balaban J connectivity index is 2.74.